The SMILES string of the molecule is CC(C)N1CCN(C)C(C2COCC(C(=O)O)N2C(C)C)C1. The number of rotatable bonds is 4. The number of nitrogens with zero attached hydrogens (tertiary/aromatic N) is 3. The highest BCUT2D eigenvalue weighted by Gasteiger charge is 2.43. The Kier molecular flexibility index (Phi) is 5.82. The molecule has 1 N–H and O–H groups in total. The molecule has 0 aromatic heterocycles. The van der Waals surface area contributed by atoms with E-state index in [0.717, 1.165) is 19.6 Å². The fraction of sp³-hybridized carbons (Fsp3) is 0.938. The number of likely N-dealkylation sites (N-methyl/N-ethyl adjacent to an activating group) is 1. The van der Waals surface area contributed by atoms with E-state index in [1.807, 2.05) is 0 Å². The molecule has 2 heterocycles. The molecule has 0 aliphatic carbocycles. The summed E-state index contributed by atoms with van der Waals surface area (Å²) in [6, 6.07) is 0.602. The molecule has 2 saturated heterocycles. The third-order valence-corrected chi connectivity index (χ3v) is 5.09. The van der Waals surface area contributed by atoms with Crippen molar-refractivity contribution in [2.24, 2.45) is 0 Å². The molecule has 22 heavy (non-hydrogen) atoms. The molecule has 0 bridgehead atoms. The molecule has 128 valence electrons. The molecule has 0 amide bonds. The first-order chi connectivity index (χ1) is 10.3. The highest BCUT2D eigenvalue weighted by molar-refractivity contribution is 5.74. The quantitative estimate of drug-likeness (QED) is 0.819. The molecule has 3 unspecified atom stereocenters. The average molecular weight is 313 g/mol. The number of carboxylic acid groups (broad SMARTS) is 1. The van der Waals surface area contributed by atoms with E-state index in [9.17, 15) is 9.90 Å². The van der Waals surface area contributed by atoms with E-state index in [0.29, 0.717) is 18.7 Å². The zero-order chi connectivity index (χ0) is 16.4. The largest absolute Gasteiger partial charge is 0.480 e. The molecule has 2 rings (SSSR count). The van der Waals surface area contributed by atoms with Crippen LogP contribution in [0.5, 0.6) is 0 Å². The fourth-order valence-electron chi connectivity index (χ4n) is 3.76. The minimum atomic E-state index is -0.780. The van der Waals surface area contributed by atoms with E-state index in [-0.39, 0.29) is 18.7 Å². The van der Waals surface area contributed by atoms with Crippen LogP contribution in [0, 0.1) is 0 Å². The molecule has 6 heteroatoms. The zero-order valence-corrected chi connectivity index (χ0v) is 14.5. The summed E-state index contributed by atoms with van der Waals surface area (Å²) >= 11 is 0. The first kappa shape index (κ1) is 17.7. The number of aliphatic carboxylic acids is 1. The van der Waals surface area contributed by atoms with E-state index in [2.05, 4.69) is 49.4 Å². The van der Waals surface area contributed by atoms with Crippen LogP contribution in [0.1, 0.15) is 27.7 Å². The van der Waals surface area contributed by atoms with Crippen molar-refractivity contribution >= 4 is 5.97 Å². The Balaban J connectivity index is 2.20. The Bertz CT molecular complexity index is 389. The first-order valence-electron chi connectivity index (χ1n) is 8.35. The van der Waals surface area contributed by atoms with Gasteiger partial charge in [-0.05, 0) is 34.7 Å². The highest BCUT2D eigenvalue weighted by atomic mass is 16.5. The van der Waals surface area contributed by atoms with Crippen molar-refractivity contribution in [1.82, 2.24) is 14.7 Å². The minimum Gasteiger partial charge on any atom is -0.480 e. The van der Waals surface area contributed by atoms with Crippen molar-refractivity contribution in [3.05, 3.63) is 0 Å². The maximum absolute atomic E-state index is 11.6. The normalized spacial score (nSPS) is 32.8. The summed E-state index contributed by atoms with van der Waals surface area (Å²) in [5.74, 6) is -0.780. The second kappa shape index (κ2) is 7.25. The van der Waals surface area contributed by atoms with E-state index in [4.69, 9.17) is 4.74 Å². The fourth-order valence-corrected chi connectivity index (χ4v) is 3.76. The molecule has 0 spiro atoms. The van der Waals surface area contributed by atoms with Crippen LogP contribution in [0.2, 0.25) is 0 Å². The maximum atomic E-state index is 11.6. The molecule has 6 nitrogen and oxygen atoms in total. The van der Waals surface area contributed by atoms with Gasteiger partial charge >= 0.3 is 5.97 Å². The van der Waals surface area contributed by atoms with Crippen LogP contribution in [0.4, 0.5) is 0 Å². The summed E-state index contributed by atoms with van der Waals surface area (Å²) in [6.07, 6.45) is 0. The van der Waals surface area contributed by atoms with Gasteiger partial charge in [0.2, 0.25) is 0 Å². The Hall–Kier alpha value is -0.690. The van der Waals surface area contributed by atoms with Crippen molar-refractivity contribution < 1.29 is 14.6 Å². The molecule has 0 aromatic rings. The lowest BCUT2D eigenvalue weighted by Crippen LogP contribution is -2.68. The molecule has 0 aromatic carbocycles. The number of piperazine rings is 1. The summed E-state index contributed by atoms with van der Waals surface area (Å²) in [7, 11) is 2.14. The van der Waals surface area contributed by atoms with Crippen molar-refractivity contribution in [3.63, 3.8) is 0 Å². The lowest BCUT2D eigenvalue weighted by atomic mass is 9.97. The van der Waals surface area contributed by atoms with Crippen LogP contribution in [0.3, 0.4) is 0 Å². The van der Waals surface area contributed by atoms with Gasteiger partial charge in [-0.3, -0.25) is 19.5 Å². The van der Waals surface area contributed by atoms with Crippen molar-refractivity contribution in [3.8, 4) is 0 Å². The third-order valence-electron chi connectivity index (χ3n) is 5.09. The van der Waals surface area contributed by atoms with Gasteiger partial charge < -0.3 is 9.84 Å². The average Bonchev–Trinajstić information content (AvgIpc) is 2.46. The molecule has 2 fully saturated rings. The van der Waals surface area contributed by atoms with Crippen LogP contribution in [-0.4, -0.2) is 95.9 Å². The predicted molar refractivity (Wildman–Crippen MR) is 86.1 cm³/mol. The number of hydrogen-bond acceptors (Lipinski definition) is 5. The van der Waals surface area contributed by atoms with Crippen LogP contribution >= 0.6 is 0 Å². The van der Waals surface area contributed by atoms with Gasteiger partial charge in [-0.25, -0.2) is 0 Å². The van der Waals surface area contributed by atoms with Crippen LogP contribution in [0.25, 0.3) is 0 Å². The topological polar surface area (TPSA) is 56.3 Å². The van der Waals surface area contributed by atoms with Gasteiger partial charge in [-0.2, -0.15) is 0 Å². The lowest BCUT2D eigenvalue weighted by Gasteiger charge is -2.51. The Morgan fingerprint density at radius 3 is 2.32 bits per heavy atom. The van der Waals surface area contributed by atoms with Gasteiger partial charge in [-0.1, -0.05) is 0 Å². The summed E-state index contributed by atoms with van der Waals surface area (Å²) in [5, 5.41) is 9.53. The number of morpholine rings is 1. The lowest BCUT2D eigenvalue weighted by molar-refractivity contribution is -0.160. The van der Waals surface area contributed by atoms with Gasteiger partial charge in [0, 0.05) is 37.8 Å². The summed E-state index contributed by atoms with van der Waals surface area (Å²) in [5.41, 5.74) is 0. The number of hydrogen-bond donors (Lipinski definition) is 1. The maximum Gasteiger partial charge on any atom is 0.323 e. The van der Waals surface area contributed by atoms with E-state index >= 15 is 0 Å². The van der Waals surface area contributed by atoms with E-state index in [1.54, 1.807) is 0 Å². The Labute approximate surface area is 134 Å². The predicted octanol–water partition coefficient (Wildman–Crippen LogP) is 0.573. The van der Waals surface area contributed by atoms with E-state index < -0.39 is 12.0 Å². The van der Waals surface area contributed by atoms with Crippen molar-refractivity contribution in [1.29, 1.82) is 0 Å². The number of carbonyl (C=O) groups is 1. The summed E-state index contributed by atoms with van der Waals surface area (Å²) in [4.78, 5) is 18.6. The smallest absolute Gasteiger partial charge is 0.323 e. The van der Waals surface area contributed by atoms with Gasteiger partial charge in [-0.15, -0.1) is 0 Å². The first-order valence-corrected chi connectivity index (χ1v) is 8.35. The van der Waals surface area contributed by atoms with Crippen molar-refractivity contribution in [2.75, 3.05) is 39.9 Å². The molecule has 2 aliphatic rings. The highest BCUT2D eigenvalue weighted by Crippen LogP contribution is 2.25. The molecule has 0 saturated carbocycles. The zero-order valence-electron chi connectivity index (χ0n) is 14.5. The molecular formula is C16H31N3O3. The van der Waals surface area contributed by atoms with Gasteiger partial charge in [0.15, 0.2) is 0 Å². The third kappa shape index (κ3) is 3.62. The monoisotopic (exact) mass is 313 g/mol. The molecule has 3 atom stereocenters. The Morgan fingerprint density at radius 2 is 1.77 bits per heavy atom. The number of ether oxygens (including phenoxy) is 1. The number of carboxylic acids is 1. The summed E-state index contributed by atoms with van der Waals surface area (Å²) < 4.78 is 5.67. The molecule has 0 radical (unpaired) electrons. The molecule has 2 aliphatic heterocycles. The molecular weight excluding hydrogens is 282 g/mol. The summed E-state index contributed by atoms with van der Waals surface area (Å²) in [6.45, 7) is 12.6. The minimum absolute atomic E-state index is 0.126. The second-order valence-electron chi connectivity index (χ2n) is 7.14. The second-order valence-corrected chi connectivity index (χ2v) is 7.14. The van der Waals surface area contributed by atoms with E-state index in [1.165, 1.54) is 0 Å². The van der Waals surface area contributed by atoms with Crippen LogP contribution in [-0.2, 0) is 9.53 Å². The van der Waals surface area contributed by atoms with Crippen molar-refractivity contribution in [2.45, 2.75) is 57.9 Å². The van der Waals surface area contributed by atoms with Crippen LogP contribution in [0.15, 0.2) is 0 Å². The van der Waals surface area contributed by atoms with Crippen LogP contribution < -0.4 is 0 Å². The standard InChI is InChI=1S/C16H31N3O3/c1-11(2)18-7-6-17(5)13(8-18)14-9-22-10-15(16(20)21)19(14)12(3)4/h11-15H,6-10H2,1-5H3,(H,20,21). The Morgan fingerprint density at radius 1 is 1.09 bits per heavy atom. The van der Waals surface area contributed by atoms with Gasteiger partial charge in [0.1, 0.15) is 6.04 Å². The van der Waals surface area contributed by atoms with Gasteiger partial charge in [0.05, 0.1) is 19.3 Å². The van der Waals surface area contributed by atoms with Gasteiger partial charge in [0.25, 0.3) is 0 Å².